The maximum Gasteiger partial charge on any atom is 0.284 e. The van der Waals surface area contributed by atoms with Gasteiger partial charge in [-0.3, -0.25) is 0 Å². The van der Waals surface area contributed by atoms with Crippen LogP contribution in [0.5, 0.6) is 0 Å². The Morgan fingerprint density at radius 1 is 0.893 bits per heavy atom. The normalized spacial score (nSPS) is 16.5. The molecule has 28 heavy (non-hydrogen) atoms. The van der Waals surface area contributed by atoms with Gasteiger partial charge in [-0.1, -0.05) is 66.7 Å². The first-order valence-corrected chi connectivity index (χ1v) is 9.38. The molecule has 3 aromatic rings. The van der Waals surface area contributed by atoms with Crippen molar-refractivity contribution in [2.45, 2.75) is 12.8 Å². The third-order valence-corrected chi connectivity index (χ3v) is 5.42. The highest BCUT2D eigenvalue weighted by atomic mass is 19.3. The highest BCUT2D eigenvalue weighted by molar-refractivity contribution is 5.95. The second-order valence-electron chi connectivity index (χ2n) is 7.36. The molecule has 0 bridgehead atoms. The average Bonchev–Trinajstić information content (AvgIpc) is 3.12. The lowest BCUT2D eigenvalue weighted by molar-refractivity contribution is 0.0813. The summed E-state index contributed by atoms with van der Waals surface area (Å²) >= 11 is 0. The highest BCUT2D eigenvalue weighted by Gasteiger charge is 2.36. The van der Waals surface area contributed by atoms with E-state index < -0.39 is 5.92 Å². The fourth-order valence-electron chi connectivity index (χ4n) is 4.21. The van der Waals surface area contributed by atoms with Gasteiger partial charge in [0.1, 0.15) is 0 Å². The number of para-hydroxylation sites is 1. The third-order valence-electron chi connectivity index (χ3n) is 5.42. The Hall–Kier alpha value is -3.20. The van der Waals surface area contributed by atoms with Gasteiger partial charge in [-0.2, -0.15) is 8.78 Å². The molecule has 5 rings (SSSR count). The molecule has 0 amide bonds. The zero-order valence-corrected chi connectivity index (χ0v) is 15.5. The maximum atomic E-state index is 14.7. The van der Waals surface area contributed by atoms with Gasteiger partial charge in [0.25, 0.3) is 5.92 Å². The summed E-state index contributed by atoms with van der Waals surface area (Å²) in [5.41, 5.74) is 5.72. The van der Waals surface area contributed by atoms with Crippen LogP contribution in [0.15, 0.2) is 72.8 Å². The van der Waals surface area contributed by atoms with E-state index in [1.807, 2.05) is 61.5 Å². The molecule has 3 aromatic carbocycles. The number of hydrogen-bond acceptors (Lipinski definition) is 1. The maximum absolute atomic E-state index is 14.7. The summed E-state index contributed by atoms with van der Waals surface area (Å²) in [5.74, 6) is -2.89. The Morgan fingerprint density at radius 2 is 1.57 bits per heavy atom. The Labute approximate surface area is 162 Å². The largest absolute Gasteiger partial charge is 0.334 e. The molecular weight excluding hydrogens is 352 g/mol. The first-order chi connectivity index (χ1) is 13.5. The van der Waals surface area contributed by atoms with Gasteiger partial charge in [0, 0.05) is 16.5 Å². The molecular formula is C25H19F2N. The van der Waals surface area contributed by atoms with Crippen molar-refractivity contribution in [2.24, 2.45) is 0 Å². The van der Waals surface area contributed by atoms with Crippen molar-refractivity contribution in [1.82, 2.24) is 0 Å². The number of halogens is 2. The van der Waals surface area contributed by atoms with Gasteiger partial charge >= 0.3 is 0 Å². The van der Waals surface area contributed by atoms with Crippen molar-refractivity contribution in [1.29, 1.82) is 0 Å². The molecule has 1 aliphatic heterocycles. The van der Waals surface area contributed by atoms with Crippen molar-refractivity contribution in [3.8, 4) is 0 Å². The van der Waals surface area contributed by atoms with Crippen LogP contribution in [0, 0.1) is 6.92 Å². The van der Waals surface area contributed by atoms with E-state index in [-0.39, 0.29) is 6.54 Å². The van der Waals surface area contributed by atoms with Crippen LogP contribution in [0.4, 0.5) is 20.2 Å². The fourth-order valence-corrected chi connectivity index (χ4v) is 4.21. The van der Waals surface area contributed by atoms with Crippen molar-refractivity contribution in [3.05, 3.63) is 99.9 Å². The van der Waals surface area contributed by atoms with Gasteiger partial charge in [0.05, 0.1) is 12.2 Å². The molecule has 3 heteroatoms. The Bertz CT molecular complexity index is 1210. The lowest BCUT2D eigenvalue weighted by atomic mass is 9.92. The molecule has 138 valence electrons. The second-order valence-corrected chi connectivity index (χ2v) is 7.36. The van der Waals surface area contributed by atoms with Gasteiger partial charge in [0.2, 0.25) is 0 Å². The zero-order chi connectivity index (χ0) is 19.3. The summed E-state index contributed by atoms with van der Waals surface area (Å²) in [7, 11) is 0. The van der Waals surface area contributed by atoms with E-state index in [4.69, 9.17) is 0 Å². The van der Waals surface area contributed by atoms with Crippen LogP contribution in [0.1, 0.15) is 16.7 Å². The number of nitrogens with zero attached hydrogens (tertiary/aromatic N) is 1. The van der Waals surface area contributed by atoms with Crippen LogP contribution in [-0.2, 0) is 0 Å². The van der Waals surface area contributed by atoms with Crippen LogP contribution >= 0.6 is 0 Å². The first kappa shape index (κ1) is 16.9. The molecule has 1 nitrogen and oxygen atoms in total. The molecule has 1 heterocycles. The quantitative estimate of drug-likeness (QED) is 0.626. The second kappa shape index (κ2) is 6.16. The van der Waals surface area contributed by atoms with Crippen LogP contribution in [0.2, 0.25) is 0 Å². The Morgan fingerprint density at radius 3 is 2.29 bits per heavy atom. The van der Waals surface area contributed by atoms with Crippen LogP contribution in [0.3, 0.4) is 0 Å². The van der Waals surface area contributed by atoms with E-state index in [2.05, 4.69) is 24.3 Å². The number of fused-ring (bicyclic) bond motifs is 3. The highest BCUT2D eigenvalue weighted by Crippen LogP contribution is 2.38. The molecule has 0 spiro atoms. The van der Waals surface area contributed by atoms with Gasteiger partial charge in [-0.25, -0.2) is 0 Å². The molecule has 0 unspecified atom stereocenters. The average molecular weight is 371 g/mol. The molecule has 0 saturated heterocycles. The topological polar surface area (TPSA) is 3.24 Å². The van der Waals surface area contributed by atoms with Crippen LogP contribution < -0.4 is 15.3 Å². The third kappa shape index (κ3) is 2.66. The summed E-state index contributed by atoms with van der Waals surface area (Å²) in [6.07, 6.45) is 5.31. The SMILES string of the molecule is Cc1cc2c(c3c1=CC(F)(F)CN3c1ccccc1)C(c1ccccc1)=CC=2. The number of hydrogen-bond donors (Lipinski definition) is 0. The summed E-state index contributed by atoms with van der Waals surface area (Å²) < 4.78 is 29.3. The van der Waals surface area contributed by atoms with E-state index in [1.54, 1.807) is 4.90 Å². The summed E-state index contributed by atoms with van der Waals surface area (Å²) in [5, 5.41) is 1.70. The van der Waals surface area contributed by atoms with Gasteiger partial charge in [-0.05, 0) is 47.1 Å². The molecule has 0 fully saturated rings. The van der Waals surface area contributed by atoms with Crippen molar-refractivity contribution in [3.63, 3.8) is 0 Å². The minimum Gasteiger partial charge on any atom is -0.334 e. The molecule has 2 aliphatic rings. The summed E-state index contributed by atoms with van der Waals surface area (Å²) in [6, 6.07) is 21.6. The molecule has 0 atom stereocenters. The predicted octanol–water partition coefficient (Wildman–Crippen LogP) is 4.79. The Balaban J connectivity index is 1.83. The number of anilines is 2. The molecule has 1 aliphatic carbocycles. The van der Waals surface area contributed by atoms with Crippen LogP contribution in [-0.4, -0.2) is 12.5 Å². The monoisotopic (exact) mass is 371 g/mol. The number of alkyl halides is 2. The number of rotatable bonds is 2. The number of benzene rings is 3. The van der Waals surface area contributed by atoms with Gasteiger partial charge < -0.3 is 4.90 Å². The minimum atomic E-state index is -2.89. The number of allylic oxidation sites excluding steroid dienone is 1. The van der Waals surface area contributed by atoms with E-state index in [9.17, 15) is 8.78 Å². The molecule has 0 saturated carbocycles. The Kier molecular flexibility index (Phi) is 3.73. The number of aryl methyl sites for hydroxylation is 1. The van der Waals surface area contributed by atoms with Crippen molar-refractivity contribution in [2.75, 3.05) is 11.4 Å². The van der Waals surface area contributed by atoms with Crippen molar-refractivity contribution >= 4 is 29.1 Å². The fraction of sp³-hybridized carbons (Fsp3) is 0.120. The van der Waals surface area contributed by atoms with E-state index in [1.165, 1.54) is 0 Å². The van der Waals surface area contributed by atoms with E-state index in [0.717, 1.165) is 44.9 Å². The van der Waals surface area contributed by atoms with Gasteiger partial charge in [-0.15, -0.1) is 0 Å². The van der Waals surface area contributed by atoms with Crippen molar-refractivity contribution < 1.29 is 8.78 Å². The van der Waals surface area contributed by atoms with E-state index >= 15 is 0 Å². The summed E-state index contributed by atoms with van der Waals surface area (Å²) in [4.78, 5) is 1.77. The zero-order valence-electron chi connectivity index (χ0n) is 15.5. The molecule has 0 aromatic heterocycles. The summed E-state index contributed by atoms with van der Waals surface area (Å²) in [6.45, 7) is 1.55. The van der Waals surface area contributed by atoms with Crippen LogP contribution in [0.25, 0.3) is 17.7 Å². The lowest BCUT2D eigenvalue weighted by Crippen LogP contribution is -2.43. The van der Waals surface area contributed by atoms with Gasteiger partial charge in [0.15, 0.2) is 0 Å². The minimum absolute atomic E-state index is 0.359. The molecule has 0 radical (unpaired) electrons. The lowest BCUT2D eigenvalue weighted by Gasteiger charge is -2.34. The standard InChI is InChI=1S/C25H19F2N/c1-17-14-19-12-13-21(18-8-4-2-5-9-18)23(19)24-22(17)15-25(26,27)16-28(24)20-10-6-3-7-11-20/h2-15H,16H2,1H3. The van der Waals surface area contributed by atoms with E-state index in [0.29, 0.717) is 5.22 Å². The predicted molar refractivity (Wildman–Crippen MR) is 111 cm³/mol. The molecule has 0 N–H and O–H groups in total. The first-order valence-electron chi connectivity index (χ1n) is 9.38. The smallest absolute Gasteiger partial charge is 0.284 e.